The Morgan fingerprint density at radius 2 is 2.00 bits per heavy atom. The second kappa shape index (κ2) is 7.10. The maximum atomic E-state index is 12.9. The molecule has 2 aromatic rings. The molecule has 0 amide bonds. The van der Waals surface area contributed by atoms with E-state index >= 15 is 0 Å². The lowest BCUT2D eigenvalue weighted by Gasteiger charge is -2.23. The van der Waals surface area contributed by atoms with Crippen molar-refractivity contribution in [2.24, 2.45) is 0 Å². The minimum atomic E-state index is -0.0848. The fourth-order valence-electron chi connectivity index (χ4n) is 3.16. The zero-order valence-electron chi connectivity index (χ0n) is 13.5. The molecule has 3 nitrogen and oxygen atoms in total. The van der Waals surface area contributed by atoms with Crippen LogP contribution in [0.4, 0.5) is 0 Å². The molecule has 1 N–H and O–H groups in total. The number of benzene rings is 2. The fraction of sp³-hybridized carbons (Fsp3) is 0.250. The van der Waals surface area contributed by atoms with Crippen LogP contribution in [0, 0.1) is 0 Å². The van der Waals surface area contributed by atoms with Crippen molar-refractivity contribution in [3.8, 4) is 11.5 Å². The third kappa shape index (κ3) is 3.31. The molecule has 0 heterocycles. The van der Waals surface area contributed by atoms with E-state index in [-0.39, 0.29) is 22.5 Å². The van der Waals surface area contributed by atoms with Crippen molar-refractivity contribution in [1.82, 2.24) is 0 Å². The lowest BCUT2D eigenvalue weighted by molar-refractivity contribution is -0.117. The molecule has 4 heteroatoms. The molecule has 0 aliphatic heterocycles. The maximum absolute atomic E-state index is 12.9. The second-order valence-electron chi connectivity index (χ2n) is 5.94. The SMILES string of the molecule is COc1cc(/C=C2\CCC[C@@H](c3ccccc3)C2=O)cc(Cl)c1O. The fourth-order valence-corrected chi connectivity index (χ4v) is 3.37. The van der Waals surface area contributed by atoms with E-state index < -0.39 is 0 Å². The van der Waals surface area contributed by atoms with Crippen LogP contribution in [0.5, 0.6) is 11.5 Å². The Hall–Kier alpha value is -2.26. The van der Waals surface area contributed by atoms with E-state index in [0.29, 0.717) is 5.75 Å². The summed E-state index contributed by atoms with van der Waals surface area (Å²) < 4.78 is 5.12. The first kappa shape index (κ1) is 16.6. The van der Waals surface area contributed by atoms with Gasteiger partial charge in [-0.3, -0.25) is 4.79 Å². The summed E-state index contributed by atoms with van der Waals surface area (Å²) in [6.45, 7) is 0. The molecule has 0 radical (unpaired) electrons. The number of carbonyl (C=O) groups excluding carboxylic acids is 1. The minimum absolute atomic E-state index is 0.0827. The average molecular weight is 343 g/mol. The smallest absolute Gasteiger partial charge is 0.176 e. The van der Waals surface area contributed by atoms with Gasteiger partial charge < -0.3 is 9.84 Å². The molecular formula is C20H19ClO3. The number of allylic oxidation sites excluding steroid dienone is 1. The van der Waals surface area contributed by atoms with Crippen molar-refractivity contribution in [3.63, 3.8) is 0 Å². The van der Waals surface area contributed by atoms with Crippen LogP contribution in [-0.2, 0) is 4.79 Å². The average Bonchev–Trinajstić information content (AvgIpc) is 2.60. The van der Waals surface area contributed by atoms with Crippen LogP contribution >= 0.6 is 11.6 Å². The van der Waals surface area contributed by atoms with Gasteiger partial charge in [0.15, 0.2) is 17.3 Å². The van der Waals surface area contributed by atoms with Gasteiger partial charge in [-0.25, -0.2) is 0 Å². The molecular weight excluding hydrogens is 324 g/mol. The largest absolute Gasteiger partial charge is 0.503 e. The molecule has 24 heavy (non-hydrogen) atoms. The number of aromatic hydroxyl groups is 1. The summed E-state index contributed by atoms with van der Waals surface area (Å²) in [6.07, 6.45) is 4.45. The summed E-state index contributed by atoms with van der Waals surface area (Å²) in [6, 6.07) is 13.2. The summed E-state index contributed by atoms with van der Waals surface area (Å²) >= 11 is 6.03. The third-order valence-corrected chi connectivity index (χ3v) is 4.67. The van der Waals surface area contributed by atoms with Crippen LogP contribution in [0.3, 0.4) is 0 Å². The monoisotopic (exact) mass is 342 g/mol. The first-order valence-electron chi connectivity index (χ1n) is 7.96. The number of phenolic OH excluding ortho intramolecular Hbond substituents is 1. The van der Waals surface area contributed by atoms with Crippen molar-refractivity contribution in [2.45, 2.75) is 25.2 Å². The molecule has 0 saturated heterocycles. The number of Topliss-reactive ketones (excluding diaryl/α,β-unsaturated/α-hetero) is 1. The van der Waals surface area contributed by atoms with Crippen LogP contribution in [0.1, 0.15) is 36.3 Å². The molecule has 1 aliphatic rings. The highest BCUT2D eigenvalue weighted by atomic mass is 35.5. The highest BCUT2D eigenvalue weighted by molar-refractivity contribution is 6.32. The lowest BCUT2D eigenvalue weighted by atomic mass is 9.79. The number of hydrogen-bond donors (Lipinski definition) is 1. The molecule has 0 aromatic heterocycles. The minimum Gasteiger partial charge on any atom is -0.503 e. The number of rotatable bonds is 3. The molecule has 1 aliphatic carbocycles. The van der Waals surface area contributed by atoms with Crippen LogP contribution in [-0.4, -0.2) is 18.0 Å². The Morgan fingerprint density at radius 3 is 2.71 bits per heavy atom. The van der Waals surface area contributed by atoms with Crippen LogP contribution in [0.25, 0.3) is 6.08 Å². The molecule has 0 bridgehead atoms. The van der Waals surface area contributed by atoms with E-state index in [4.69, 9.17) is 16.3 Å². The van der Waals surface area contributed by atoms with Crippen LogP contribution in [0.2, 0.25) is 5.02 Å². The standard InChI is InChI=1S/C20H19ClO3/c1-24-18-12-13(11-17(21)20(18)23)10-15-8-5-9-16(19(15)22)14-6-3-2-4-7-14/h2-4,6-7,10-12,16,23H,5,8-9H2,1H3/b15-10+/t16-/m0/s1. The first-order valence-corrected chi connectivity index (χ1v) is 8.34. The number of ketones is 1. The predicted octanol–water partition coefficient (Wildman–Crippen LogP) is 4.97. The Kier molecular flexibility index (Phi) is 4.91. The van der Waals surface area contributed by atoms with Crippen molar-refractivity contribution in [2.75, 3.05) is 7.11 Å². The Morgan fingerprint density at radius 1 is 1.25 bits per heavy atom. The molecule has 1 atom stereocenters. The van der Waals surface area contributed by atoms with Gasteiger partial charge in [0.2, 0.25) is 0 Å². The zero-order valence-corrected chi connectivity index (χ0v) is 14.2. The van der Waals surface area contributed by atoms with Crippen molar-refractivity contribution >= 4 is 23.5 Å². The number of phenols is 1. The Bertz CT molecular complexity index is 781. The second-order valence-corrected chi connectivity index (χ2v) is 6.35. The number of hydrogen-bond acceptors (Lipinski definition) is 3. The van der Waals surface area contributed by atoms with Gasteiger partial charge in [-0.15, -0.1) is 0 Å². The van der Waals surface area contributed by atoms with E-state index in [1.807, 2.05) is 36.4 Å². The van der Waals surface area contributed by atoms with Gasteiger partial charge in [0, 0.05) is 5.92 Å². The van der Waals surface area contributed by atoms with Crippen molar-refractivity contribution < 1.29 is 14.6 Å². The highest BCUT2D eigenvalue weighted by Crippen LogP contribution is 2.37. The van der Waals surface area contributed by atoms with Crippen molar-refractivity contribution in [3.05, 3.63) is 64.2 Å². The first-order chi connectivity index (χ1) is 11.6. The van der Waals surface area contributed by atoms with Gasteiger partial charge in [-0.05, 0) is 54.2 Å². The summed E-state index contributed by atoms with van der Waals surface area (Å²) in [5.74, 6) is 0.298. The Balaban J connectivity index is 1.93. The van der Waals surface area contributed by atoms with Crippen molar-refractivity contribution in [1.29, 1.82) is 0 Å². The molecule has 124 valence electrons. The quantitative estimate of drug-likeness (QED) is 0.801. The highest BCUT2D eigenvalue weighted by Gasteiger charge is 2.27. The van der Waals surface area contributed by atoms with Gasteiger partial charge in [0.25, 0.3) is 0 Å². The van der Waals surface area contributed by atoms with E-state index in [0.717, 1.165) is 36.0 Å². The summed E-state index contributed by atoms with van der Waals surface area (Å²) in [5, 5.41) is 10.0. The maximum Gasteiger partial charge on any atom is 0.176 e. The normalized spacial score (nSPS) is 19.5. The zero-order chi connectivity index (χ0) is 17.1. The van der Waals surface area contributed by atoms with Gasteiger partial charge in [0.05, 0.1) is 12.1 Å². The van der Waals surface area contributed by atoms with Crippen LogP contribution < -0.4 is 4.74 Å². The molecule has 0 spiro atoms. The molecule has 2 aromatic carbocycles. The summed E-state index contributed by atoms with van der Waals surface area (Å²) in [4.78, 5) is 12.9. The van der Waals surface area contributed by atoms with E-state index in [9.17, 15) is 9.90 Å². The Labute approximate surface area is 146 Å². The van der Waals surface area contributed by atoms with E-state index in [2.05, 4.69) is 0 Å². The number of carbonyl (C=O) groups is 1. The van der Waals surface area contributed by atoms with Gasteiger partial charge in [-0.2, -0.15) is 0 Å². The molecule has 3 rings (SSSR count). The van der Waals surface area contributed by atoms with Gasteiger partial charge in [-0.1, -0.05) is 41.9 Å². The summed E-state index contributed by atoms with van der Waals surface area (Å²) in [7, 11) is 1.47. The summed E-state index contributed by atoms with van der Waals surface area (Å²) in [5.41, 5.74) is 2.61. The number of ether oxygens (including phenoxy) is 1. The van der Waals surface area contributed by atoms with Crippen LogP contribution in [0.15, 0.2) is 48.0 Å². The number of halogens is 1. The third-order valence-electron chi connectivity index (χ3n) is 4.39. The number of methoxy groups -OCH3 is 1. The van der Waals surface area contributed by atoms with Gasteiger partial charge >= 0.3 is 0 Å². The topological polar surface area (TPSA) is 46.5 Å². The van der Waals surface area contributed by atoms with E-state index in [1.165, 1.54) is 7.11 Å². The molecule has 1 fully saturated rings. The lowest BCUT2D eigenvalue weighted by Crippen LogP contribution is -2.19. The predicted molar refractivity (Wildman–Crippen MR) is 95.7 cm³/mol. The molecule has 1 saturated carbocycles. The molecule has 0 unspecified atom stereocenters. The van der Waals surface area contributed by atoms with E-state index in [1.54, 1.807) is 12.1 Å². The van der Waals surface area contributed by atoms with Gasteiger partial charge in [0.1, 0.15) is 0 Å².